The molecule has 0 fully saturated rings. The summed E-state index contributed by atoms with van der Waals surface area (Å²) in [5, 5.41) is 1.98. The molecule has 0 aliphatic rings. The maximum absolute atomic E-state index is 6.08. The minimum atomic E-state index is 0.238. The number of hydrogen-bond donors (Lipinski definition) is 0. The van der Waals surface area contributed by atoms with Crippen molar-refractivity contribution in [1.29, 1.82) is 0 Å². The number of rotatable bonds is 3. The monoisotopic (exact) mass is 359 g/mol. The Bertz CT molecular complexity index is 785. The van der Waals surface area contributed by atoms with Crippen molar-refractivity contribution in [3.63, 3.8) is 0 Å². The van der Waals surface area contributed by atoms with Gasteiger partial charge in [-0.15, -0.1) is 0 Å². The molecule has 0 amide bonds. The molecular formula is C18H15BrClN. The van der Waals surface area contributed by atoms with E-state index in [-0.39, 0.29) is 4.83 Å². The summed E-state index contributed by atoms with van der Waals surface area (Å²) in [6, 6.07) is 18.6. The van der Waals surface area contributed by atoms with Crippen molar-refractivity contribution in [3.8, 4) is 0 Å². The van der Waals surface area contributed by atoms with E-state index in [2.05, 4.69) is 52.3 Å². The standard InChI is InChI=1S/C18H15BrClN/c1-12-10-14(7-9-17(12)20)16(19)11-15-8-6-13-4-2-3-5-18(13)21-15/h2-10,16H,11H2,1H3. The average molecular weight is 361 g/mol. The third kappa shape index (κ3) is 3.28. The smallest absolute Gasteiger partial charge is 0.0705 e. The SMILES string of the molecule is Cc1cc(C(Br)Cc2ccc3ccccc3n2)ccc1Cl. The van der Waals surface area contributed by atoms with Crippen LogP contribution in [0.4, 0.5) is 0 Å². The lowest BCUT2D eigenvalue weighted by Gasteiger charge is -2.12. The third-order valence-corrected chi connectivity index (χ3v) is 4.86. The van der Waals surface area contributed by atoms with Crippen molar-refractivity contribution in [2.45, 2.75) is 18.2 Å². The highest BCUT2D eigenvalue weighted by Crippen LogP contribution is 2.29. The first-order valence-corrected chi connectivity index (χ1v) is 8.17. The van der Waals surface area contributed by atoms with Gasteiger partial charge in [0, 0.05) is 27.4 Å². The molecule has 0 spiro atoms. The van der Waals surface area contributed by atoms with Gasteiger partial charge in [-0.1, -0.05) is 63.9 Å². The maximum Gasteiger partial charge on any atom is 0.0705 e. The largest absolute Gasteiger partial charge is 0.253 e. The minimum Gasteiger partial charge on any atom is -0.253 e. The lowest BCUT2D eigenvalue weighted by molar-refractivity contribution is 0.911. The van der Waals surface area contributed by atoms with Crippen LogP contribution in [0.2, 0.25) is 5.02 Å². The van der Waals surface area contributed by atoms with Gasteiger partial charge in [-0.25, -0.2) is 0 Å². The number of hydrogen-bond acceptors (Lipinski definition) is 1. The number of aryl methyl sites for hydroxylation is 1. The second kappa shape index (κ2) is 6.17. The number of pyridine rings is 1. The van der Waals surface area contributed by atoms with E-state index < -0.39 is 0 Å². The Morgan fingerprint density at radius 2 is 1.90 bits per heavy atom. The molecule has 3 aromatic rings. The van der Waals surface area contributed by atoms with Gasteiger partial charge < -0.3 is 0 Å². The summed E-state index contributed by atoms with van der Waals surface area (Å²) >= 11 is 9.85. The van der Waals surface area contributed by atoms with Crippen LogP contribution in [-0.2, 0) is 6.42 Å². The number of aromatic nitrogens is 1. The Hall–Kier alpha value is -1.38. The van der Waals surface area contributed by atoms with Crippen LogP contribution in [0.3, 0.4) is 0 Å². The van der Waals surface area contributed by atoms with E-state index in [0.29, 0.717) is 0 Å². The molecule has 0 saturated heterocycles. The highest BCUT2D eigenvalue weighted by molar-refractivity contribution is 9.09. The zero-order valence-corrected chi connectivity index (χ0v) is 14.0. The molecule has 0 bridgehead atoms. The fourth-order valence-electron chi connectivity index (χ4n) is 2.39. The Kier molecular flexibility index (Phi) is 4.27. The second-order valence-electron chi connectivity index (χ2n) is 5.18. The summed E-state index contributed by atoms with van der Waals surface area (Å²) < 4.78 is 0. The Morgan fingerprint density at radius 1 is 1.10 bits per heavy atom. The van der Waals surface area contributed by atoms with E-state index in [1.54, 1.807) is 0 Å². The topological polar surface area (TPSA) is 12.9 Å². The molecule has 1 atom stereocenters. The lowest BCUT2D eigenvalue weighted by atomic mass is 10.0. The number of halogens is 2. The fourth-order valence-corrected chi connectivity index (χ4v) is 3.12. The van der Waals surface area contributed by atoms with Gasteiger partial charge in [0.15, 0.2) is 0 Å². The molecule has 0 radical (unpaired) electrons. The molecule has 1 heterocycles. The van der Waals surface area contributed by atoms with Crippen molar-refractivity contribution >= 4 is 38.4 Å². The molecule has 0 saturated carbocycles. The quantitative estimate of drug-likeness (QED) is 0.532. The van der Waals surface area contributed by atoms with E-state index in [1.165, 1.54) is 10.9 Å². The van der Waals surface area contributed by atoms with Gasteiger partial charge in [0.2, 0.25) is 0 Å². The molecule has 1 unspecified atom stereocenters. The van der Waals surface area contributed by atoms with E-state index in [4.69, 9.17) is 16.6 Å². The van der Waals surface area contributed by atoms with Gasteiger partial charge in [0.25, 0.3) is 0 Å². The first-order chi connectivity index (χ1) is 10.1. The Labute approximate surface area is 138 Å². The molecule has 3 heteroatoms. The minimum absolute atomic E-state index is 0.238. The molecular weight excluding hydrogens is 346 g/mol. The molecule has 0 N–H and O–H groups in total. The zero-order chi connectivity index (χ0) is 14.8. The van der Waals surface area contributed by atoms with Gasteiger partial charge in [0.05, 0.1) is 5.52 Å². The van der Waals surface area contributed by atoms with Crippen molar-refractivity contribution in [2.24, 2.45) is 0 Å². The summed E-state index contributed by atoms with van der Waals surface area (Å²) in [4.78, 5) is 4.96. The first-order valence-electron chi connectivity index (χ1n) is 6.88. The lowest BCUT2D eigenvalue weighted by Crippen LogP contribution is -1.98. The molecule has 2 aromatic carbocycles. The van der Waals surface area contributed by atoms with Crippen LogP contribution in [-0.4, -0.2) is 4.98 Å². The van der Waals surface area contributed by atoms with Gasteiger partial charge >= 0.3 is 0 Å². The van der Waals surface area contributed by atoms with E-state index in [0.717, 1.165) is 28.2 Å². The summed E-state index contributed by atoms with van der Waals surface area (Å²) in [6.07, 6.45) is 0.853. The van der Waals surface area contributed by atoms with E-state index in [1.807, 2.05) is 25.1 Å². The predicted octanol–water partition coefficient (Wildman–Crippen LogP) is 5.88. The predicted molar refractivity (Wildman–Crippen MR) is 93.3 cm³/mol. The normalized spacial score (nSPS) is 12.5. The Morgan fingerprint density at radius 3 is 2.71 bits per heavy atom. The molecule has 0 aliphatic carbocycles. The van der Waals surface area contributed by atoms with Crippen LogP contribution < -0.4 is 0 Å². The van der Waals surface area contributed by atoms with Crippen molar-refractivity contribution in [1.82, 2.24) is 4.98 Å². The second-order valence-corrected chi connectivity index (χ2v) is 6.69. The summed E-state index contributed by atoms with van der Waals surface area (Å²) in [6.45, 7) is 2.03. The summed E-state index contributed by atoms with van der Waals surface area (Å²) in [5.41, 5.74) is 4.46. The van der Waals surface area contributed by atoms with Crippen LogP contribution in [0, 0.1) is 6.92 Å². The molecule has 0 aliphatic heterocycles. The zero-order valence-electron chi connectivity index (χ0n) is 11.7. The Balaban J connectivity index is 1.85. The molecule has 106 valence electrons. The molecule has 1 nitrogen and oxygen atoms in total. The average Bonchev–Trinajstić information content (AvgIpc) is 2.50. The summed E-state index contributed by atoms with van der Waals surface area (Å²) in [7, 11) is 0. The van der Waals surface area contributed by atoms with Crippen LogP contribution in [0.1, 0.15) is 21.6 Å². The van der Waals surface area contributed by atoms with Crippen LogP contribution in [0.5, 0.6) is 0 Å². The van der Waals surface area contributed by atoms with E-state index >= 15 is 0 Å². The van der Waals surface area contributed by atoms with Crippen molar-refractivity contribution in [3.05, 3.63) is 76.4 Å². The highest BCUT2D eigenvalue weighted by Gasteiger charge is 2.11. The van der Waals surface area contributed by atoms with Crippen LogP contribution in [0.15, 0.2) is 54.6 Å². The molecule has 1 aromatic heterocycles. The number of alkyl halides is 1. The molecule has 21 heavy (non-hydrogen) atoms. The third-order valence-electron chi connectivity index (χ3n) is 3.59. The van der Waals surface area contributed by atoms with Crippen molar-refractivity contribution in [2.75, 3.05) is 0 Å². The van der Waals surface area contributed by atoms with Gasteiger partial charge in [-0.05, 0) is 36.2 Å². The van der Waals surface area contributed by atoms with Gasteiger partial charge in [-0.2, -0.15) is 0 Å². The van der Waals surface area contributed by atoms with E-state index in [9.17, 15) is 0 Å². The van der Waals surface area contributed by atoms with Crippen LogP contribution in [0.25, 0.3) is 10.9 Å². The molecule has 3 rings (SSSR count). The van der Waals surface area contributed by atoms with Gasteiger partial charge in [0.1, 0.15) is 0 Å². The summed E-state index contributed by atoms with van der Waals surface area (Å²) in [5.74, 6) is 0. The number of nitrogens with zero attached hydrogens (tertiary/aromatic N) is 1. The number of benzene rings is 2. The van der Waals surface area contributed by atoms with Crippen molar-refractivity contribution < 1.29 is 0 Å². The maximum atomic E-state index is 6.08. The van der Waals surface area contributed by atoms with Crippen LogP contribution >= 0.6 is 27.5 Å². The number of fused-ring (bicyclic) bond motifs is 1. The number of para-hydroxylation sites is 1. The fraction of sp³-hybridized carbons (Fsp3) is 0.167. The highest BCUT2D eigenvalue weighted by atomic mass is 79.9. The van der Waals surface area contributed by atoms with Gasteiger partial charge in [-0.3, -0.25) is 4.98 Å². The first kappa shape index (κ1) is 14.6.